The van der Waals surface area contributed by atoms with E-state index >= 15 is 0 Å². The number of fused-ring (bicyclic) bond motifs is 2. The van der Waals surface area contributed by atoms with E-state index in [2.05, 4.69) is 13.8 Å². The van der Waals surface area contributed by atoms with Crippen LogP contribution in [0.25, 0.3) is 0 Å². The number of rotatable bonds is 2. The number of amides is 1. The molecule has 3 rings (SSSR count). The number of piperidine rings is 1. The predicted octanol–water partition coefficient (Wildman–Crippen LogP) is 2.97. The number of nitrogens with zero attached hydrogens (tertiary/aromatic N) is 1. The number of carbonyl (C=O) groups excluding carboxylic acids is 1. The van der Waals surface area contributed by atoms with E-state index < -0.39 is 15.4 Å². The van der Waals surface area contributed by atoms with Crippen LogP contribution in [0, 0.1) is 23.7 Å². The summed E-state index contributed by atoms with van der Waals surface area (Å²) in [5.41, 5.74) is 0.258. The summed E-state index contributed by atoms with van der Waals surface area (Å²) in [6.07, 6.45) is 1.68. The minimum absolute atomic E-state index is 0.149. The van der Waals surface area contributed by atoms with Crippen LogP contribution in [0.1, 0.15) is 39.2 Å². The van der Waals surface area contributed by atoms with Crippen LogP contribution in [0.5, 0.6) is 0 Å². The van der Waals surface area contributed by atoms with Crippen molar-refractivity contribution in [2.45, 2.75) is 45.4 Å². The van der Waals surface area contributed by atoms with Crippen molar-refractivity contribution in [3.8, 4) is 0 Å². The summed E-state index contributed by atoms with van der Waals surface area (Å²) >= 11 is 0. The predicted molar refractivity (Wildman–Crippen MR) is 84.7 cm³/mol. The second-order valence-electron chi connectivity index (χ2n) is 7.44. The first kappa shape index (κ1) is 15.5. The highest BCUT2D eigenvalue weighted by Crippen LogP contribution is 2.60. The zero-order valence-electron chi connectivity index (χ0n) is 13.6. The van der Waals surface area contributed by atoms with Crippen molar-refractivity contribution in [1.29, 1.82) is 0 Å². The van der Waals surface area contributed by atoms with Crippen LogP contribution in [0.15, 0.2) is 29.2 Å². The number of hydrogen-bond acceptors (Lipinski definition) is 3. The molecule has 1 aromatic rings. The first-order valence-electron chi connectivity index (χ1n) is 7.74. The van der Waals surface area contributed by atoms with Gasteiger partial charge in [0.2, 0.25) is 5.91 Å². The molecule has 5 heteroatoms. The third-order valence-electron chi connectivity index (χ3n) is 6.13. The van der Waals surface area contributed by atoms with E-state index in [1.807, 2.05) is 13.8 Å². The maximum atomic E-state index is 13.0. The summed E-state index contributed by atoms with van der Waals surface area (Å²) in [6.45, 7) is 8.33. The minimum atomic E-state index is -3.76. The molecule has 120 valence electrons. The van der Waals surface area contributed by atoms with Crippen LogP contribution in [0.2, 0.25) is 0 Å². The summed E-state index contributed by atoms with van der Waals surface area (Å²) in [5, 5.41) is 0. The molecule has 1 aliphatic carbocycles. The fourth-order valence-corrected chi connectivity index (χ4v) is 5.43. The Labute approximate surface area is 132 Å². The molecule has 1 amide bonds. The van der Waals surface area contributed by atoms with Gasteiger partial charge >= 0.3 is 0 Å². The van der Waals surface area contributed by atoms with Gasteiger partial charge in [-0.3, -0.25) is 4.79 Å². The third-order valence-corrected chi connectivity index (χ3v) is 7.89. The van der Waals surface area contributed by atoms with Crippen LogP contribution in [0.4, 0.5) is 0 Å². The molecule has 0 N–H and O–H groups in total. The highest BCUT2D eigenvalue weighted by Gasteiger charge is 2.62. The molecule has 1 aliphatic heterocycles. The van der Waals surface area contributed by atoms with Crippen molar-refractivity contribution >= 4 is 15.9 Å². The topological polar surface area (TPSA) is 54.5 Å². The van der Waals surface area contributed by atoms with Crippen molar-refractivity contribution in [3.63, 3.8) is 0 Å². The molecule has 2 atom stereocenters. The van der Waals surface area contributed by atoms with Gasteiger partial charge in [-0.15, -0.1) is 0 Å². The molecule has 0 unspecified atom stereocenters. The SMILES string of the molecule is Cc1ccc(S(=O)(=O)N2C[C@H]3CC[C@@](C)(C2=O)C3(C)C)cc1. The van der Waals surface area contributed by atoms with Gasteiger partial charge in [0.25, 0.3) is 10.0 Å². The van der Waals surface area contributed by atoms with Crippen LogP contribution in [-0.4, -0.2) is 25.2 Å². The molecule has 1 saturated carbocycles. The Morgan fingerprint density at radius 1 is 1.14 bits per heavy atom. The number of aryl methyl sites for hydroxylation is 1. The van der Waals surface area contributed by atoms with Gasteiger partial charge in [-0.25, -0.2) is 12.7 Å². The molecule has 1 aromatic carbocycles. The smallest absolute Gasteiger partial charge is 0.266 e. The van der Waals surface area contributed by atoms with Crippen molar-refractivity contribution in [2.24, 2.45) is 16.7 Å². The lowest BCUT2D eigenvalue weighted by Crippen LogP contribution is -2.57. The van der Waals surface area contributed by atoms with Crippen LogP contribution in [-0.2, 0) is 14.8 Å². The second kappa shape index (κ2) is 4.57. The van der Waals surface area contributed by atoms with E-state index in [1.165, 1.54) is 0 Å². The summed E-state index contributed by atoms with van der Waals surface area (Å²) in [6, 6.07) is 6.70. The molecule has 1 saturated heterocycles. The number of benzene rings is 1. The largest absolute Gasteiger partial charge is 0.273 e. The molecule has 2 fully saturated rings. The normalized spacial score (nSPS) is 30.6. The Bertz CT molecular complexity index is 721. The van der Waals surface area contributed by atoms with E-state index in [4.69, 9.17) is 0 Å². The summed E-state index contributed by atoms with van der Waals surface area (Å²) in [7, 11) is -3.76. The van der Waals surface area contributed by atoms with Gasteiger partial charge < -0.3 is 0 Å². The van der Waals surface area contributed by atoms with Gasteiger partial charge in [-0.2, -0.15) is 0 Å². The van der Waals surface area contributed by atoms with Crippen molar-refractivity contribution in [3.05, 3.63) is 29.8 Å². The first-order chi connectivity index (χ1) is 10.1. The minimum Gasteiger partial charge on any atom is -0.273 e. The van der Waals surface area contributed by atoms with Crippen molar-refractivity contribution in [1.82, 2.24) is 4.31 Å². The Morgan fingerprint density at radius 3 is 2.32 bits per heavy atom. The number of hydrogen-bond donors (Lipinski definition) is 0. The van der Waals surface area contributed by atoms with E-state index in [-0.39, 0.29) is 22.1 Å². The summed E-state index contributed by atoms with van der Waals surface area (Å²) < 4.78 is 26.9. The van der Waals surface area contributed by atoms with Gasteiger partial charge in [0.1, 0.15) is 0 Å². The standard InChI is InChI=1S/C17H23NO3S/c1-12-5-7-14(8-6-12)22(20,21)18-11-13-9-10-17(4,15(18)19)16(13,2)3/h5-8,13H,9-11H2,1-4H3/t13-,17+/m1/s1. The van der Waals surface area contributed by atoms with E-state index in [9.17, 15) is 13.2 Å². The molecule has 2 bridgehead atoms. The molecular weight excluding hydrogens is 298 g/mol. The quantitative estimate of drug-likeness (QED) is 0.841. The van der Waals surface area contributed by atoms with Crippen molar-refractivity contribution < 1.29 is 13.2 Å². The van der Waals surface area contributed by atoms with Crippen LogP contribution in [0.3, 0.4) is 0 Å². The Kier molecular flexibility index (Phi) is 3.23. The molecule has 1 heterocycles. The zero-order chi connectivity index (χ0) is 16.3. The summed E-state index contributed by atoms with van der Waals surface area (Å²) in [4.78, 5) is 13.2. The zero-order valence-corrected chi connectivity index (χ0v) is 14.4. The Morgan fingerprint density at radius 2 is 1.73 bits per heavy atom. The van der Waals surface area contributed by atoms with Gasteiger partial charge in [0.05, 0.1) is 10.3 Å². The van der Waals surface area contributed by atoms with Crippen LogP contribution >= 0.6 is 0 Å². The molecular formula is C17H23NO3S. The van der Waals surface area contributed by atoms with Gasteiger partial charge in [-0.05, 0) is 43.2 Å². The monoisotopic (exact) mass is 321 g/mol. The highest BCUT2D eigenvalue weighted by atomic mass is 32.2. The maximum absolute atomic E-state index is 13.0. The maximum Gasteiger partial charge on any atom is 0.266 e. The Hall–Kier alpha value is -1.36. The lowest BCUT2D eigenvalue weighted by Gasteiger charge is -2.48. The average Bonchev–Trinajstić information content (AvgIpc) is 2.57. The van der Waals surface area contributed by atoms with Crippen molar-refractivity contribution in [2.75, 3.05) is 6.54 Å². The van der Waals surface area contributed by atoms with Gasteiger partial charge in [0, 0.05) is 6.54 Å². The fraction of sp³-hybridized carbons (Fsp3) is 0.588. The molecule has 0 aromatic heterocycles. The van der Waals surface area contributed by atoms with E-state index in [0.717, 1.165) is 22.7 Å². The van der Waals surface area contributed by atoms with Gasteiger partial charge in [-0.1, -0.05) is 38.5 Å². The van der Waals surface area contributed by atoms with Gasteiger partial charge in [0.15, 0.2) is 0 Å². The molecule has 2 aliphatic rings. The third kappa shape index (κ3) is 1.87. The number of sulfonamides is 1. The van der Waals surface area contributed by atoms with E-state index in [1.54, 1.807) is 24.3 Å². The van der Waals surface area contributed by atoms with Crippen LogP contribution < -0.4 is 0 Å². The lowest BCUT2D eigenvalue weighted by molar-refractivity contribution is -0.148. The molecule has 0 spiro atoms. The van der Waals surface area contributed by atoms with E-state index in [0.29, 0.717) is 6.54 Å². The molecule has 4 nitrogen and oxygen atoms in total. The Balaban J connectivity index is 2.03. The second-order valence-corrected chi connectivity index (χ2v) is 9.31. The highest BCUT2D eigenvalue weighted by molar-refractivity contribution is 7.89. The molecule has 22 heavy (non-hydrogen) atoms. The lowest BCUT2D eigenvalue weighted by atomic mass is 9.63. The molecule has 0 radical (unpaired) electrons. The number of carbonyl (C=O) groups is 1. The fourth-order valence-electron chi connectivity index (χ4n) is 3.90. The first-order valence-corrected chi connectivity index (χ1v) is 9.18. The average molecular weight is 321 g/mol. The summed E-state index contributed by atoms with van der Waals surface area (Å²) in [5.74, 6) is -0.0118.